The smallest absolute Gasteiger partial charge is 0.410 e. The van der Waals surface area contributed by atoms with Crippen LogP contribution < -0.4 is 43.8 Å². The summed E-state index contributed by atoms with van der Waals surface area (Å²) >= 11 is 0. The molecule has 0 saturated heterocycles. The van der Waals surface area contributed by atoms with Crippen LogP contribution in [0.1, 0.15) is 106 Å². The quantitative estimate of drug-likeness (QED) is 0.0211. The molecule has 444 valence electrons. The van der Waals surface area contributed by atoms with Crippen LogP contribution in [0.25, 0.3) is 21.5 Å². The Morgan fingerprint density at radius 1 is 0.576 bits per heavy atom. The summed E-state index contributed by atoms with van der Waals surface area (Å²) < 4.78 is 5.74. The molecule has 25 nitrogen and oxygen atoms in total. The monoisotopic (exact) mass is 1160 g/mol. The highest BCUT2D eigenvalue weighted by atomic mass is 16.6. The van der Waals surface area contributed by atoms with Gasteiger partial charge in [0.05, 0.1) is 0 Å². The molecule has 0 bridgehead atoms. The number of nitrogens with one attached hydrogen (secondary N) is 5. The van der Waals surface area contributed by atoms with Gasteiger partial charge in [-0.2, -0.15) is 0 Å². The maximum absolute atomic E-state index is 14.0. The van der Waals surface area contributed by atoms with E-state index in [9.17, 15) is 57.5 Å². The van der Waals surface area contributed by atoms with Gasteiger partial charge in [-0.05, 0) is 92.1 Å². The largest absolute Gasteiger partial charge is 0.445 e. The molecule has 13 amide bonds. The Kier molecular flexibility index (Phi) is 19.5. The van der Waals surface area contributed by atoms with Gasteiger partial charge in [-0.15, -0.1) is 0 Å². The minimum Gasteiger partial charge on any atom is -0.445 e. The van der Waals surface area contributed by atoms with Crippen LogP contribution in [0.3, 0.4) is 0 Å². The van der Waals surface area contributed by atoms with Crippen molar-refractivity contribution in [2.24, 2.45) is 11.7 Å². The summed E-state index contributed by atoms with van der Waals surface area (Å²) in [6, 6.07) is 19.4. The molecular formula is C60H66N12O13. The van der Waals surface area contributed by atoms with E-state index in [1.54, 1.807) is 92.7 Å². The van der Waals surface area contributed by atoms with E-state index in [0.29, 0.717) is 63.4 Å². The molecule has 1 unspecified atom stereocenters. The van der Waals surface area contributed by atoms with Crippen molar-refractivity contribution in [3.8, 4) is 0 Å². The van der Waals surface area contributed by atoms with Crippen molar-refractivity contribution in [1.29, 1.82) is 0 Å². The molecule has 0 aliphatic carbocycles. The number of nitrogen functional groups attached to an aromatic ring is 2. The number of urea groups is 1. The first kappa shape index (κ1) is 60.9. The van der Waals surface area contributed by atoms with E-state index in [-0.39, 0.29) is 112 Å². The molecule has 0 fully saturated rings. The average molecular weight is 1160 g/mol. The van der Waals surface area contributed by atoms with Crippen molar-refractivity contribution in [2.45, 2.75) is 77.5 Å². The molecule has 5 aromatic rings. The van der Waals surface area contributed by atoms with Crippen molar-refractivity contribution in [1.82, 2.24) is 40.9 Å². The lowest BCUT2D eigenvalue weighted by Crippen LogP contribution is -2.54. The van der Waals surface area contributed by atoms with Crippen molar-refractivity contribution < 1.29 is 62.3 Å². The molecule has 5 aromatic carbocycles. The van der Waals surface area contributed by atoms with Crippen molar-refractivity contribution in [3.63, 3.8) is 0 Å². The molecular weight excluding hydrogens is 1100 g/mol. The number of unbranched alkanes of at least 4 members (excludes halogenated alkanes) is 2. The number of hydrogen-bond acceptors (Lipinski definition) is 15. The van der Waals surface area contributed by atoms with E-state index in [2.05, 4.69) is 26.6 Å². The summed E-state index contributed by atoms with van der Waals surface area (Å²) in [4.78, 5) is 162. The van der Waals surface area contributed by atoms with E-state index >= 15 is 0 Å². The summed E-state index contributed by atoms with van der Waals surface area (Å²) in [5.41, 5.74) is 20.1. The van der Waals surface area contributed by atoms with Gasteiger partial charge in [0.25, 0.3) is 35.4 Å². The van der Waals surface area contributed by atoms with Crippen LogP contribution >= 0.6 is 0 Å². The van der Waals surface area contributed by atoms with E-state index in [1.165, 1.54) is 23.1 Å². The number of nitrogens with zero attached hydrogens (tertiary/aromatic N) is 4. The molecule has 25 heteroatoms. The predicted molar refractivity (Wildman–Crippen MR) is 312 cm³/mol. The van der Waals surface area contributed by atoms with Crippen LogP contribution in [-0.4, -0.2) is 149 Å². The Hall–Kier alpha value is -10.2. The number of carbonyl (C=O) groups excluding carboxylic acids is 12. The molecule has 3 heterocycles. The maximum Gasteiger partial charge on any atom is 0.410 e. The van der Waals surface area contributed by atoms with Gasteiger partial charge < -0.3 is 53.4 Å². The number of imide groups is 3. The summed E-state index contributed by atoms with van der Waals surface area (Å²) in [5, 5.41) is 15.3. The second kappa shape index (κ2) is 27.3. The topological polar surface area (TPSA) is 365 Å². The highest BCUT2D eigenvalue weighted by Gasteiger charge is 2.36. The Balaban J connectivity index is 0.873. The van der Waals surface area contributed by atoms with Crippen LogP contribution in [-0.2, 0) is 40.1 Å². The lowest BCUT2D eigenvalue weighted by atomic mass is 9.93. The first-order chi connectivity index (χ1) is 40.7. The van der Waals surface area contributed by atoms with Gasteiger partial charge >= 0.3 is 12.1 Å². The zero-order valence-corrected chi connectivity index (χ0v) is 46.9. The summed E-state index contributed by atoms with van der Waals surface area (Å²) in [5.74, 6) is -5.93. The Morgan fingerprint density at radius 2 is 1.15 bits per heavy atom. The van der Waals surface area contributed by atoms with E-state index < -0.39 is 78.0 Å². The predicted octanol–water partition coefficient (Wildman–Crippen LogP) is 3.69. The van der Waals surface area contributed by atoms with Crippen LogP contribution in [0.4, 0.5) is 26.7 Å². The average Bonchev–Trinajstić information content (AvgIpc) is 3.64. The van der Waals surface area contributed by atoms with Gasteiger partial charge in [-0.25, -0.2) is 9.59 Å². The second-order valence-electron chi connectivity index (χ2n) is 21.0. The Morgan fingerprint density at radius 3 is 1.74 bits per heavy atom. The number of ether oxygens (including phenoxy) is 1. The Bertz CT molecular complexity index is 3490. The number of anilines is 3. The van der Waals surface area contributed by atoms with Gasteiger partial charge in [-0.3, -0.25) is 62.6 Å². The molecule has 0 spiro atoms. The lowest BCUT2D eigenvalue weighted by molar-refractivity contribution is -0.137. The van der Waals surface area contributed by atoms with Crippen molar-refractivity contribution >= 4 is 110 Å². The minimum absolute atomic E-state index is 0.0210. The maximum atomic E-state index is 14.0. The second-order valence-corrected chi connectivity index (χ2v) is 21.0. The van der Waals surface area contributed by atoms with E-state index in [4.69, 9.17) is 21.9 Å². The summed E-state index contributed by atoms with van der Waals surface area (Å²) in [6.45, 7) is 2.44. The van der Waals surface area contributed by atoms with Crippen LogP contribution in [0, 0.1) is 5.92 Å². The zero-order chi connectivity index (χ0) is 61.1. The van der Waals surface area contributed by atoms with Crippen LogP contribution in [0.15, 0.2) is 97.1 Å². The van der Waals surface area contributed by atoms with E-state index in [0.717, 1.165) is 14.7 Å². The fourth-order valence-electron chi connectivity index (χ4n) is 10.3. The third kappa shape index (κ3) is 14.4. The third-order valence-corrected chi connectivity index (χ3v) is 14.8. The van der Waals surface area contributed by atoms with Crippen molar-refractivity contribution in [3.05, 3.63) is 125 Å². The zero-order valence-electron chi connectivity index (χ0n) is 46.9. The SMILES string of the molecule is CC(C)C(NC(=O)CCCCCN1C(=O)C=CC1=O)C(=O)N[C@@H](CCCNC(N)=O)C(=O)Nc1ccc(COC(=O)N(CCCNC(=O)CN2C(=O)c3cccc4c(N)ccc(c34)C2=O)CCN2C(=O)c3cccc4c(N)ccc(c34)C2=O)cc1. The van der Waals surface area contributed by atoms with Crippen LogP contribution in [0.5, 0.6) is 0 Å². The van der Waals surface area contributed by atoms with Gasteiger partial charge in [0.2, 0.25) is 23.6 Å². The fourth-order valence-corrected chi connectivity index (χ4v) is 10.3. The first-order valence-corrected chi connectivity index (χ1v) is 27.8. The number of benzene rings is 5. The number of carbonyl (C=O) groups is 12. The molecule has 2 atom stereocenters. The molecule has 0 saturated carbocycles. The molecule has 11 N–H and O–H groups in total. The molecule has 0 aromatic heterocycles. The van der Waals surface area contributed by atoms with Gasteiger partial charge in [0.1, 0.15) is 25.2 Å². The number of hydrogen-bond donors (Lipinski definition) is 8. The number of nitrogens with two attached hydrogens (primary N) is 3. The molecule has 8 rings (SSSR count). The molecule has 3 aliphatic rings. The minimum atomic E-state index is -1.14. The van der Waals surface area contributed by atoms with Gasteiger partial charge in [0, 0.05) is 119 Å². The number of primary amides is 1. The lowest BCUT2D eigenvalue weighted by Gasteiger charge is -2.30. The van der Waals surface area contributed by atoms with Crippen molar-refractivity contribution in [2.75, 3.05) is 62.6 Å². The first-order valence-electron chi connectivity index (χ1n) is 27.8. The van der Waals surface area contributed by atoms with Gasteiger partial charge in [0.15, 0.2) is 0 Å². The molecule has 3 aliphatic heterocycles. The van der Waals surface area contributed by atoms with E-state index in [1.807, 2.05) is 0 Å². The fraction of sp³-hybridized carbons (Fsp3) is 0.333. The number of amides is 13. The third-order valence-electron chi connectivity index (χ3n) is 14.8. The standard InChI is InChI=1S/C60H66N12O13/c1-34(2)52(68-46(73)15-4-3-5-29-70-48(75)24-25-49(70)76)54(78)67-45(14-8-26-65-59(63)83)53(77)66-36-18-16-35(17-19-36)33-85-60(84)69(30-31-71-55(79)39-12-6-10-37-43(61)22-20-41(50(37)39)56(71)80)28-9-27-64-47(74)32-72-57(81)40-13-7-11-38-44(62)23-21-42(51(38)40)58(72)82/h6-7,10-13,16-25,34,45,52H,3-5,8-9,14-15,26-33,61-62H2,1-2H3,(H,64,74)(H,66,77)(H,67,78)(H,68,73)(H3,63,65,83)/t45-,52?/m0/s1. The molecule has 0 radical (unpaired) electrons. The highest BCUT2D eigenvalue weighted by molar-refractivity contribution is 6.28. The Labute approximate surface area is 487 Å². The van der Waals surface area contributed by atoms with Crippen LogP contribution in [0.2, 0.25) is 0 Å². The summed E-state index contributed by atoms with van der Waals surface area (Å²) in [7, 11) is 0. The highest BCUT2D eigenvalue weighted by Crippen LogP contribution is 2.35. The molecule has 85 heavy (non-hydrogen) atoms. The van der Waals surface area contributed by atoms with Gasteiger partial charge in [-0.1, -0.05) is 56.7 Å². The summed E-state index contributed by atoms with van der Waals surface area (Å²) in [6.07, 6.45) is 3.55. The normalized spacial score (nSPS) is 14.2. The number of rotatable bonds is 27.